The molecule has 1 aliphatic heterocycles. The number of carbonyl (C=O) groups is 2. The summed E-state index contributed by atoms with van der Waals surface area (Å²) in [6, 6.07) is 14.9. The van der Waals surface area contributed by atoms with Gasteiger partial charge < -0.3 is 5.32 Å². The molecule has 1 aliphatic rings. The lowest BCUT2D eigenvalue weighted by Crippen LogP contribution is -2.33. The molecule has 0 spiro atoms. The highest BCUT2D eigenvalue weighted by molar-refractivity contribution is 6.04. The van der Waals surface area contributed by atoms with Crippen LogP contribution in [0, 0.1) is 10.1 Å². The Balaban J connectivity index is 1.55. The van der Waals surface area contributed by atoms with Gasteiger partial charge in [-0.15, -0.1) is 0 Å². The van der Waals surface area contributed by atoms with Crippen LogP contribution in [-0.2, 0) is 17.6 Å². The number of nitro benzene ring substituents is 1. The van der Waals surface area contributed by atoms with Gasteiger partial charge in [-0.1, -0.05) is 42.5 Å². The number of urea groups is 1. The van der Waals surface area contributed by atoms with Gasteiger partial charge in [-0.2, -0.15) is 0 Å². The molecule has 0 radical (unpaired) electrons. The number of nitrogens with zero attached hydrogens (tertiary/aromatic N) is 2. The summed E-state index contributed by atoms with van der Waals surface area (Å²) in [4.78, 5) is 36.0. The van der Waals surface area contributed by atoms with Crippen molar-refractivity contribution in [3.8, 4) is 0 Å². The predicted octanol–water partition coefficient (Wildman–Crippen LogP) is 2.69. The Labute approximate surface area is 150 Å². The van der Waals surface area contributed by atoms with Crippen LogP contribution in [-0.4, -0.2) is 34.3 Å². The number of benzene rings is 2. The minimum atomic E-state index is -0.624. The average Bonchev–Trinajstić information content (AvgIpc) is 2.90. The van der Waals surface area contributed by atoms with Crippen molar-refractivity contribution in [2.45, 2.75) is 25.3 Å². The van der Waals surface area contributed by atoms with E-state index in [2.05, 4.69) is 5.32 Å². The van der Waals surface area contributed by atoms with Crippen LogP contribution in [0.3, 0.4) is 0 Å². The van der Waals surface area contributed by atoms with E-state index in [1.54, 1.807) is 12.1 Å². The van der Waals surface area contributed by atoms with Crippen LogP contribution in [0.15, 0.2) is 54.6 Å². The molecule has 0 bridgehead atoms. The first-order valence-corrected chi connectivity index (χ1v) is 8.44. The third-order valence-corrected chi connectivity index (χ3v) is 4.38. The molecule has 1 unspecified atom stereocenters. The van der Waals surface area contributed by atoms with Crippen LogP contribution in [0.25, 0.3) is 0 Å². The number of hydrogen-bond acceptors (Lipinski definition) is 4. The van der Waals surface area contributed by atoms with Crippen LogP contribution < -0.4 is 5.32 Å². The lowest BCUT2D eigenvalue weighted by atomic mass is 10.1. The maximum absolute atomic E-state index is 12.5. The molecule has 26 heavy (non-hydrogen) atoms. The Morgan fingerprint density at radius 1 is 1.00 bits per heavy atom. The van der Waals surface area contributed by atoms with Crippen molar-refractivity contribution in [2.24, 2.45) is 0 Å². The molecule has 1 atom stereocenters. The van der Waals surface area contributed by atoms with Gasteiger partial charge in [0.2, 0.25) is 0 Å². The number of nitro groups is 1. The van der Waals surface area contributed by atoms with Crippen molar-refractivity contribution in [3.63, 3.8) is 0 Å². The first-order valence-electron chi connectivity index (χ1n) is 8.44. The highest BCUT2D eigenvalue weighted by Crippen LogP contribution is 2.16. The molecule has 3 rings (SSSR count). The number of rotatable bonds is 7. The normalized spacial score (nSPS) is 16.6. The number of hydrogen-bond donors (Lipinski definition) is 1. The first kappa shape index (κ1) is 17.6. The van der Waals surface area contributed by atoms with Crippen LogP contribution in [0.1, 0.15) is 17.5 Å². The Bertz CT molecular complexity index is 805. The molecule has 0 aromatic heterocycles. The lowest BCUT2D eigenvalue weighted by Gasteiger charge is -2.13. The van der Waals surface area contributed by atoms with Crippen molar-refractivity contribution in [1.29, 1.82) is 0 Å². The molecule has 2 aromatic rings. The molecule has 1 heterocycles. The summed E-state index contributed by atoms with van der Waals surface area (Å²) in [5.74, 6) is -0.249. The van der Waals surface area contributed by atoms with E-state index in [0.29, 0.717) is 19.4 Å². The highest BCUT2D eigenvalue weighted by Gasteiger charge is 2.37. The SMILES string of the molecule is O=C1NC(Cc2ccc([N+](=O)[O-])cc2)C(=O)N1CCCc1ccccc1. The summed E-state index contributed by atoms with van der Waals surface area (Å²) in [6.07, 6.45) is 1.82. The number of non-ortho nitro benzene ring substituents is 1. The second-order valence-corrected chi connectivity index (χ2v) is 6.21. The summed E-state index contributed by atoms with van der Waals surface area (Å²) in [5, 5.41) is 13.4. The smallest absolute Gasteiger partial charge is 0.324 e. The van der Waals surface area contributed by atoms with E-state index in [1.807, 2.05) is 30.3 Å². The molecule has 1 fully saturated rings. The molecule has 0 saturated carbocycles. The molecule has 3 amide bonds. The molecule has 134 valence electrons. The summed E-state index contributed by atoms with van der Waals surface area (Å²) < 4.78 is 0. The van der Waals surface area contributed by atoms with Gasteiger partial charge in [-0.05, 0) is 24.0 Å². The average molecular weight is 353 g/mol. The van der Waals surface area contributed by atoms with Crippen molar-refractivity contribution in [2.75, 3.05) is 6.54 Å². The summed E-state index contributed by atoms with van der Waals surface area (Å²) >= 11 is 0. The summed E-state index contributed by atoms with van der Waals surface area (Å²) in [5.41, 5.74) is 1.93. The number of carbonyl (C=O) groups excluding carboxylic acids is 2. The maximum atomic E-state index is 12.5. The second kappa shape index (κ2) is 7.77. The Hall–Kier alpha value is -3.22. The van der Waals surface area contributed by atoms with Crippen molar-refractivity contribution in [1.82, 2.24) is 10.2 Å². The molecular weight excluding hydrogens is 334 g/mol. The standard InChI is InChI=1S/C19H19N3O4/c23-18-17(13-15-8-10-16(11-9-15)22(25)26)20-19(24)21(18)12-4-7-14-5-2-1-3-6-14/h1-3,5-6,8-11,17H,4,7,12-13H2,(H,20,24). The minimum absolute atomic E-state index is 0.00178. The monoisotopic (exact) mass is 353 g/mol. The zero-order valence-electron chi connectivity index (χ0n) is 14.1. The van der Waals surface area contributed by atoms with E-state index >= 15 is 0 Å². The van der Waals surface area contributed by atoms with Crippen molar-refractivity contribution < 1.29 is 14.5 Å². The molecule has 7 heteroatoms. The minimum Gasteiger partial charge on any atom is -0.325 e. The van der Waals surface area contributed by atoms with E-state index < -0.39 is 11.0 Å². The Kier molecular flexibility index (Phi) is 5.26. The van der Waals surface area contributed by atoms with E-state index in [1.165, 1.54) is 22.6 Å². The Morgan fingerprint density at radius 3 is 2.35 bits per heavy atom. The van der Waals surface area contributed by atoms with Gasteiger partial charge in [-0.3, -0.25) is 19.8 Å². The van der Waals surface area contributed by atoms with Crippen LogP contribution in [0.5, 0.6) is 0 Å². The fourth-order valence-corrected chi connectivity index (χ4v) is 3.00. The van der Waals surface area contributed by atoms with Gasteiger partial charge in [0.25, 0.3) is 11.6 Å². The third-order valence-electron chi connectivity index (χ3n) is 4.38. The van der Waals surface area contributed by atoms with Gasteiger partial charge in [0.1, 0.15) is 6.04 Å². The Morgan fingerprint density at radius 2 is 1.69 bits per heavy atom. The van der Waals surface area contributed by atoms with Crippen molar-refractivity contribution in [3.05, 3.63) is 75.8 Å². The first-order chi connectivity index (χ1) is 12.5. The zero-order valence-corrected chi connectivity index (χ0v) is 14.1. The highest BCUT2D eigenvalue weighted by atomic mass is 16.6. The molecule has 7 nitrogen and oxygen atoms in total. The maximum Gasteiger partial charge on any atom is 0.324 e. The van der Waals surface area contributed by atoms with Crippen LogP contribution in [0.2, 0.25) is 0 Å². The van der Waals surface area contributed by atoms with E-state index in [9.17, 15) is 19.7 Å². The predicted molar refractivity (Wildman–Crippen MR) is 95.6 cm³/mol. The number of amides is 3. The molecule has 1 saturated heterocycles. The van der Waals surface area contributed by atoms with E-state index in [4.69, 9.17) is 0 Å². The third kappa shape index (κ3) is 4.05. The zero-order chi connectivity index (χ0) is 18.5. The largest absolute Gasteiger partial charge is 0.325 e. The summed E-state index contributed by atoms with van der Waals surface area (Å²) in [7, 11) is 0. The molecule has 0 aliphatic carbocycles. The number of nitrogens with one attached hydrogen (secondary N) is 1. The van der Waals surface area contributed by atoms with Gasteiger partial charge in [0.15, 0.2) is 0 Å². The molecule has 1 N–H and O–H groups in total. The van der Waals surface area contributed by atoms with Crippen LogP contribution in [0.4, 0.5) is 10.5 Å². The molecule has 2 aromatic carbocycles. The summed E-state index contributed by atoms with van der Waals surface area (Å²) in [6.45, 7) is 0.371. The number of aryl methyl sites for hydroxylation is 1. The molecular formula is C19H19N3O4. The topological polar surface area (TPSA) is 92.5 Å². The fraction of sp³-hybridized carbons (Fsp3) is 0.263. The number of imide groups is 1. The van der Waals surface area contributed by atoms with Crippen LogP contribution >= 0.6 is 0 Å². The quantitative estimate of drug-likeness (QED) is 0.470. The van der Waals surface area contributed by atoms with Gasteiger partial charge in [0, 0.05) is 25.1 Å². The van der Waals surface area contributed by atoms with E-state index in [0.717, 1.165) is 12.0 Å². The van der Waals surface area contributed by atoms with E-state index in [-0.39, 0.29) is 17.6 Å². The van der Waals surface area contributed by atoms with Gasteiger partial charge in [0.05, 0.1) is 4.92 Å². The van der Waals surface area contributed by atoms with Gasteiger partial charge in [-0.25, -0.2) is 4.79 Å². The second-order valence-electron chi connectivity index (χ2n) is 6.21. The lowest BCUT2D eigenvalue weighted by molar-refractivity contribution is -0.384. The van der Waals surface area contributed by atoms with Gasteiger partial charge >= 0.3 is 6.03 Å². The fourth-order valence-electron chi connectivity index (χ4n) is 3.00. The van der Waals surface area contributed by atoms with Crippen molar-refractivity contribution >= 4 is 17.6 Å².